The first-order chi connectivity index (χ1) is 14.3. The lowest BCUT2D eigenvalue weighted by Crippen LogP contribution is -2.44. The van der Waals surface area contributed by atoms with Crippen LogP contribution in [0, 0.1) is 0 Å². The van der Waals surface area contributed by atoms with Gasteiger partial charge in [-0.2, -0.15) is 0 Å². The van der Waals surface area contributed by atoms with Crippen molar-refractivity contribution in [3.8, 4) is 17.1 Å². The number of ether oxygens (including phenoxy) is 1. The predicted octanol–water partition coefficient (Wildman–Crippen LogP) is 1.48. The molecular formula is C21H16N2O7. The third-order valence-corrected chi connectivity index (χ3v) is 5.88. The summed E-state index contributed by atoms with van der Waals surface area (Å²) < 4.78 is 6.40. The highest BCUT2D eigenvalue weighted by molar-refractivity contribution is 6.06. The first-order valence-corrected chi connectivity index (χ1v) is 9.32. The Morgan fingerprint density at radius 2 is 2.03 bits per heavy atom. The van der Waals surface area contributed by atoms with Crippen molar-refractivity contribution in [3.63, 3.8) is 0 Å². The molecule has 0 unspecified atom stereocenters. The smallest absolute Gasteiger partial charge is 0.343 e. The van der Waals surface area contributed by atoms with Crippen LogP contribution in [0.25, 0.3) is 22.3 Å². The van der Waals surface area contributed by atoms with E-state index in [2.05, 4.69) is 4.98 Å². The monoisotopic (exact) mass is 408 g/mol. The van der Waals surface area contributed by atoms with E-state index in [9.17, 15) is 29.7 Å². The summed E-state index contributed by atoms with van der Waals surface area (Å²) in [5, 5.41) is 30.8. The van der Waals surface area contributed by atoms with Crippen LogP contribution in [0.2, 0.25) is 0 Å². The molecule has 1 aromatic carbocycles. The Balaban J connectivity index is 1.86. The van der Waals surface area contributed by atoms with Gasteiger partial charge < -0.3 is 24.6 Å². The van der Waals surface area contributed by atoms with Gasteiger partial charge in [0.2, 0.25) is 0 Å². The molecule has 0 amide bonds. The fourth-order valence-corrected chi connectivity index (χ4v) is 4.31. The second kappa shape index (κ2) is 5.90. The highest BCUT2D eigenvalue weighted by Gasteiger charge is 2.45. The number of carboxylic acid groups (broad SMARTS) is 1. The third-order valence-electron chi connectivity index (χ3n) is 5.88. The average molecular weight is 408 g/mol. The number of pyridine rings is 2. The van der Waals surface area contributed by atoms with Crippen molar-refractivity contribution < 1.29 is 29.6 Å². The van der Waals surface area contributed by atoms with E-state index < -0.39 is 23.1 Å². The van der Waals surface area contributed by atoms with Gasteiger partial charge in [-0.05, 0) is 30.7 Å². The van der Waals surface area contributed by atoms with Gasteiger partial charge in [0.1, 0.15) is 12.4 Å². The summed E-state index contributed by atoms with van der Waals surface area (Å²) in [5.41, 5.74) is -0.864. The molecule has 0 saturated carbocycles. The minimum absolute atomic E-state index is 0.0133. The van der Waals surface area contributed by atoms with Gasteiger partial charge >= 0.3 is 11.9 Å². The predicted molar refractivity (Wildman–Crippen MR) is 103 cm³/mol. The van der Waals surface area contributed by atoms with Crippen molar-refractivity contribution in [3.05, 3.63) is 56.9 Å². The van der Waals surface area contributed by atoms with Crippen LogP contribution in [0.3, 0.4) is 0 Å². The van der Waals surface area contributed by atoms with Gasteiger partial charge in [0.05, 0.1) is 34.6 Å². The van der Waals surface area contributed by atoms with Crippen LogP contribution in [-0.2, 0) is 28.3 Å². The van der Waals surface area contributed by atoms with E-state index in [1.807, 2.05) is 0 Å². The normalized spacial score (nSPS) is 19.2. The lowest BCUT2D eigenvalue weighted by Gasteiger charge is -2.31. The first-order valence-electron chi connectivity index (χ1n) is 9.32. The molecule has 9 heteroatoms. The SMILES string of the molecule is CC[C@@]1(O)C(=O)OCc2c1cc1n(c2=O)Cc2c-1nc1ccc(O)cc1c2C(=O)O. The summed E-state index contributed by atoms with van der Waals surface area (Å²) in [6, 6.07) is 5.74. The average Bonchev–Trinajstić information content (AvgIpc) is 3.07. The Morgan fingerprint density at radius 1 is 1.27 bits per heavy atom. The number of cyclic esters (lactones) is 1. The number of esters is 1. The molecule has 3 N–H and O–H groups in total. The number of benzene rings is 1. The summed E-state index contributed by atoms with van der Waals surface area (Å²) in [6.45, 7) is 1.31. The molecule has 1 atom stereocenters. The highest BCUT2D eigenvalue weighted by atomic mass is 16.6. The number of carbonyl (C=O) groups is 2. The summed E-state index contributed by atoms with van der Waals surface area (Å²) in [5.74, 6) is -2.13. The van der Waals surface area contributed by atoms with E-state index in [0.29, 0.717) is 22.5 Å². The summed E-state index contributed by atoms with van der Waals surface area (Å²) in [4.78, 5) is 42.0. The molecule has 0 radical (unpaired) electrons. The molecule has 0 fully saturated rings. The minimum Gasteiger partial charge on any atom is -0.508 e. The Morgan fingerprint density at radius 3 is 2.73 bits per heavy atom. The van der Waals surface area contributed by atoms with Gasteiger partial charge in [0.15, 0.2) is 5.60 Å². The quantitative estimate of drug-likeness (QED) is 0.424. The van der Waals surface area contributed by atoms with Crippen LogP contribution in [-0.4, -0.2) is 36.8 Å². The van der Waals surface area contributed by atoms with Gasteiger partial charge in [-0.3, -0.25) is 4.79 Å². The third kappa shape index (κ3) is 2.20. The van der Waals surface area contributed by atoms with Crippen molar-refractivity contribution in [1.29, 1.82) is 0 Å². The topological polar surface area (TPSA) is 139 Å². The number of aromatic carboxylic acids is 1. The van der Waals surface area contributed by atoms with Crippen molar-refractivity contribution in [1.82, 2.24) is 9.55 Å². The molecule has 0 spiro atoms. The van der Waals surface area contributed by atoms with Gasteiger partial charge in [-0.1, -0.05) is 6.92 Å². The van der Waals surface area contributed by atoms with Crippen molar-refractivity contribution in [2.75, 3.05) is 0 Å². The van der Waals surface area contributed by atoms with Gasteiger partial charge in [-0.25, -0.2) is 14.6 Å². The Labute approximate surface area is 168 Å². The number of hydrogen-bond acceptors (Lipinski definition) is 7. The zero-order chi connectivity index (χ0) is 21.4. The number of aromatic hydroxyl groups is 1. The molecule has 9 nitrogen and oxygen atoms in total. The summed E-state index contributed by atoms with van der Waals surface area (Å²) in [7, 11) is 0. The molecule has 30 heavy (non-hydrogen) atoms. The molecule has 3 aromatic rings. The Bertz CT molecular complexity index is 1360. The number of hydrogen-bond donors (Lipinski definition) is 3. The number of nitrogens with zero attached hydrogens (tertiary/aromatic N) is 2. The molecule has 152 valence electrons. The molecule has 4 heterocycles. The number of carboxylic acids is 1. The molecule has 2 aliphatic heterocycles. The lowest BCUT2D eigenvalue weighted by atomic mass is 9.86. The summed E-state index contributed by atoms with van der Waals surface area (Å²) >= 11 is 0. The van der Waals surface area contributed by atoms with Crippen molar-refractivity contribution in [2.24, 2.45) is 0 Å². The van der Waals surface area contributed by atoms with E-state index >= 15 is 0 Å². The molecular weight excluding hydrogens is 392 g/mol. The standard InChI is InChI=1S/C21H16N2O7/c1-2-21(29)13-6-15-17-11(7-23(15)18(25)12(13)8-30-20(21)28)16(19(26)27)10-5-9(24)3-4-14(10)22-17/h3-6,24,29H,2,7-8H2,1H3,(H,26,27)/t21-/m0/s1. The number of rotatable bonds is 2. The number of fused-ring (bicyclic) bond motifs is 5. The van der Waals surface area contributed by atoms with E-state index in [-0.39, 0.29) is 47.4 Å². The van der Waals surface area contributed by atoms with Crippen molar-refractivity contribution in [2.45, 2.75) is 32.1 Å². The van der Waals surface area contributed by atoms with Crippen LogP contribution in [0.15, 0.2) is 29.1 Å². The van der Waals surface area contributed by atoms with Gasteiger partial charge in [0, 0.05) is 16.5 Å². The van der Waals surface area contributed by atoms with E-state index in [1.165, 1.54) is 28.8 Å². The zero-order valence-electron chi connectivity index (χ0n) is 15.8. The van der Waals surface area contributed by atoms with Crippen molar-refractivity contribution >= 4 is 22.8 Å². The first kappa shape index (κ1) is 18.3. The second-order valence-corrected chi connectivity index (χ2v) is 7.42. The molecule has 2 aliphatic rings. The summed E-state index contributed by atoms with van der Waals surface area (Å²) in [6.07, 6.45) is 0.0133. The molecule has 5 rings (SSSR count). The maximum atomic E-state index is 13.2. The van der Waals surface area contributed by atoms with Crippen LogP contribution < -0.4 is 5.56 Å². The van der Waals surface area contributed by atoms with Crippen LogP contribution in [0.4, 0.5) is 0 Å². The Hall–Kier alpha value is -3.72. The number of aromatic nitrogens is 2. The van der Waals surface area contributed by atoms with Crippen LogP contribution in [0.5, 0.6) is 5.75 Å². The minimum atomic E-state index is -1.96. The molecule has 0 aliphatic carbocycles. The largest absolute Gasteiger partial charge is 0.508 e. The van der Waals surface area contributed by atoms with Crippen LogP contribution in [0.1, 0.15) is 40.4 Å². The van der Waals surface area contributed by atoms with E-state index in [1.54, 1.807) is 6.92 Å². The molecule has 2 aromatic heterocycles. The second-order valence-electron chi connectivity index (χ2n) is 7.42. The maximum absolute atomic E-state index is 13.2. The van der Waals surface area contributed by atoms with E-state index in [4.69, 9.17) is 4.74 Å². The molecule has 0 saturated heterocycles. The van der Waals surface area contributed by atoms with Gasteiger partial charge in [-0.15, -0.1) is 0 Å². The lowest BCUT2D eigenvalue weighted by molar-refractivity contribution is -0.172. The van der Waals surface area contributed by atoms with E-state index in [0.717, 1.165) is 0 Å². The van der Waals surface area contributed by atoms with Gasteiger partial charge in [0.25, 0.3) is 5.56 Å². The highest BCUT2D eigenvalue weighted by Crippen LogP contribution is 2.40. The maximum Gasteiger partial charge on any atom is 0.343 e. The molecule has 0 bridgehead atoms. The Kier molecular flexibility index (Phi) is 3.60. The zero-order valence-corrected chi connectivity index (χ0v) is 15.8. The number of carbonyl (C=O) groups excluding carboxylic acids is 1. The fraction of sp³-hybridized carbons (Fsp3) is 0.238. The number of phenols is 1. The number of phenolic OH excluding ortho intramolecular Hbond substituents is 1. The number of aliphatic hydroxyl groups is 1. The fourth-order valence-electron chi connectivity index (χ4n) is 4.31. The van der Waals surface area contributed by atoms with Crippen LogP contribution >= 0.6 is 0 Å².